The highest BCUT2D eigenvalue weighted by Gasteiger charge is 2.27. The highest BCUT2D eigenvalue weighted by molar-refractivity contribution is 7.92. The third kappa shape index (κ3) is 4.04. The summed E-state index contributed by atoms with van der Waals surface area (Å²) in [7, 11) is -7.31. The van der Waals surface area contributed by atoms with Crippen molar-refractivity contribution in [1.29, 1.82) is 0 Å². The van der Waals surface area contributed by atoms with Crippen LogP contribution in [0.5, 0.6) is 5.75 Å². The van der Waals surface area contributed by atoms with Crippen molar-refractivity contribution in [3.05, 3.63) is 57.5 Å². The molecule has 3 rings (SSSR count). The molecule has 0 amide bonds. The van der Waals surface area contributed by atoms with Gasteiger partial charge in [-0.15, -0.1) is 0 Å². The summed E-state index contributed by atoms with van der Waals surface area (Å²) in [6, 6.07) is -8.96. The van der Waals surface area contributed by atoms with Gasteiger partial charge in [0, 0.05) is 34.1 Å². The molecule has 0 saturated carbocycles. The van der Waals surface area contributed by atoms with Gasteiger partial charge in [-0.2, -0.15) is 0 Å². The Morgan fingerprint density at radius 2 is 2.04 bits per heavy atom. The van der Waals surface area contributed by atoms with Gasteiger partial charge in [-0.3, -0.25) is 14.8 Å². The molecule has 1 heterocycles. The van der Waals surface area contributed by atoms with E-state index in [0.717, 1.165) is 0 Å². The number of ether oxygens (including phenoxy) is 1. The average Bonchev–Trinajstić information content (AvgIpc) is 2.90. The van der Waals surface area contributed by atoms with E-state index in [4.69, 9.17) is 30.8 Å². The normalized spacial score (nSPS) is 33.0. The van der Waals surface area contributed by atoms with Crippen molar-refractivity contribution < 1.29 is 44.2 Å². The van der Waals surface area contributed by atoms with E-state index in [2.05, 4.69) is 0 Å². The van der Waals surface area contributed by atoms with Crippen LogP contribution in [0, 0.1) is 10.1 Å². The van der Waals surface area contributed by atoms with Crippen LogP contribution in [-0.2, 0) is 22.8 Å². The number of nitrogens with one attached hydrogen (secondary N) is 1. The minimum Gasteiger partial charge on any atom is -0.495 e. The molecule has 27 heavy (non-hydrogen) atoms. The number of likely N-dealkylation sites (N-methyl/N-ethyl adjacent to an activating group) is 1. The minimum atomic E-state index is -6.01. The molecule has 0 bridgehead atoms. The van der Waals surface area contributed by atoms with Crippen molar-refractivity contribution in [2.45, 2.75) is 17.6 Å². The smallest absolute Gasteiger partial charge is 0.289 e. The van der Waals surface area contributed by atoms with Gasteiger partial charge in [0.1, 0.15) is 5.75 Å². The van der Waals surface area contributed by atoms with Crippen LogP contribution >= 0.6 is 0 Å². The largest absolute Gasteiger partial charge is 0.495 e. The molecule has 0 atom stereocenters. The molecule has 1 aliphatic rings. The standard InChI is InChI=1S/C18H21N3O5S/c1-20-9-7-13-11-15(17(26-2)12-14(13)8-10-20)19-27(24,25)18-6-4-3-5-16(18)21(22)23/h3-6,11-12,19H,7-10H2,1-2H3/i1D3,2D,3D,4D,5D,6D,7D2,8D2,9D2,10D2,11D,12D/hD. The lowest BCUT2D eigenvalue weighted by atomic mass is 10.0. The van der Waals surface area contributed by atoms with Crippen LogP contribution in [0.15, 0.2) is 41.1 Å². The second kappa shape index (κ2) is 7.53. The first-order valence-corrected chi connectivity index (χ1v) is 8.14. The SMILES string of the molecule is [2H]COc1c([2H])c2c(c([2H])c1N([2H])S(=O)(=O)c1c([2H])c([2H])c([2H])c([2H])c1[N+](=O)[O-])C([2H])([2H])C([2H])([2H])N(C([2H])([2H])[2H])C([2H])([2H])C2([2H])[2H]. The van der Waals surface area contributed by atoms with E-state index < -0.39 is 134 Å². The van der Waals surface area contributed by atoms with Gasteiger partial charge in [0.25, 0.3) is 15.7 Å². The van der Waals surface area contributed by atoms with Gasteiger partial charge in [-0.1, -0.05) is 12.1 Å². The molecule has 0 aromatic heterocycles. The van der Waals surface area contributed by atoms with E-state index in [1.54, 1.807) is 0 Å². The lowest BCUT2D eigenvalue weighted by Crippen LogP contribution is -2.20. The predicted octanol–water partition coefficient (Wildman–Crippen LogP) is 2.43. The maximum absolute atomic E-state index is 13.7. The van der Waals surface area contributed by atoms with Crippen molar-refractivity contribution in [1.82, 2.24) is 4.90 Å². The van der Waals surface area contributed by atoms with E-state index in [-0.39, 0.29) is 0 Å². The molecular formula is C18H21N3O5S. The Balaban J connectivity index is 2.64. The number of nitro benzene ring substituents is 1. The Morgan fingerprint density at radius 1 is 1.33 bits per heavy atom. The molecule has 0 fully saturated rings. The van der Waals surface area contributed by atoms with Crippen LogP contribution in [0.4, 0.5) is 11.4 Å². The molecule has 1 aliphatic heterocycles. The van der Waals surface area contributed by atoms with E-state index in [9.17, 15) is 18.5 Å². The zero-order valence-electron chi connectivity index (χ0n) is 32.0. The lowest BCUT2D eigenvalue weighted by molar-refractivity contribution is -0.387. The van der Waals surface area contributed by atoms with Gasteiger partial charge in [0.15, 0.2) is 6.31 Å². The number of methoxy groups -OCH3 is 1. The van der Waals surface area contributed by atoms with Gasteiger partial charge in [0.05, 0.1) is 27.3 Å². The number of hydrogen-bond acceptors (Lipinski definition) is 6. The average molecular weight is 411 g/mol. The molecule has 9 heteroatoms. The first-order chi connectivity index (χ1) is 20.5. The van der Waals surface area contributed by atoms with E-state index in [0.29, 0.717) is 0 Å². The number of nitro groups is 1. The maximum Gasteiger partial charge on any atom is 0.289 e. The Morgan fingerprint density at radius 3 is 2.70 bits per heavy atom. The third-order valence-electron chi connectivity index (χ3n) is 2.96. The summed E-state index contributed by atoms with van der Waals surface area (Å²) in [5, 5.41) is 11.8. The van der Waals surface area contributed by atoms with Crippen molar-refractivity contribution in [3.8, 4) is 5.75 Å². The molecule has 0 radical (unpaired) electrons. The number of benzene rings is 2. The molecule has 0 aliphatic carbocycles. The molecule has 8 nitrogen and oxygen atoms in total. The Hall–Kier alpha value is -2.65. The number of hydrogen-bond donors (Lipinski definition) is 1. The number of anilines is 1. The molecule has 2 aromatic carbocycles. The van der Waals surface area contributed by atoms with Gasteiger partial charge < -0.3 is 9.64 Å². The van der Waals surface area contributed by atoms with Crippen molar-refractivity contribution in [3.63, 3.8) is 0 Å². The van der Waals surface area contributed by atoms with Crippen LogP contribution in [0.2, 0.25) is 1.41 Å². The topological polar surface area (TPSA) is 102 Å². The lowest BCUT2D eigenvalue weighted by Gasteiger charge is -2.15. The summed E-state index contributed by atoms with van der Waals surface area (Å²) in [5.41, 5.74) is -6.65. The van der Waals surface area contributed by atoms with Crippen molar-refractivity contribution in [2.24, 2.45) is 0 Å². The summed E-state index contributed by atoms with van der Waals surface area (Å²) < 4.78 is 186. The highest BCUT2D eigenvalue weighted by atomic mass is 32.2. The fraction of sp³-hybridized carbons (Fsp3) is 0.333. The predicted molar refractivity (Wildman–Crippen MR) is 102 cm³/mol. The molecular weight excluding hydrogens is 370 g/mol. The first-order valence-electron chi connectivity index (χ1n) is 16.4. The summed E-state index contributed by atoms with van der Waals surface area (Å²) in [5.74, 6) is -1.43. The van der Waals surface area contributed by atoms with Crippen LogP contribution < -0.4 is 9.45 Å². The minimum absolute atomic E-state index is 0.782. The second-order valence-electron chi connectivity index (χ2n) is 4.63. The Labute approximate surface area is 184 Å². The van der Waals surface area contributed by atoms with E-state index in [1.165, 1.54) is 0 Å². The van der Waals surface area contributed by atoms with Gasteiger partial charge >= 0.3 is 0 Å². The van der Waals surface area contributed by atoms with Crippen molar-refractivity contribution >= 4 is 21.4 Å². The molecule has 2 aromatic rings. The fourth-order valence-corrected chi connectivity index (χ4v) is 2.87. The first kappa shape index (κ1) is 6.46. The summed E-state index contributed by atoms with van der Waals surface area (Å²) >= 11 is 0. The van der Waals surface area contributed by atoms with Gasteiger partial charge in [0.2, 0.25) is 0 Å². The third-order valence-corrected chi connectivity index (χ3v) is 4.20. The second-order valence-corrected chi connectivity index (χ2v) is 6.17. The maximum atomic E-state index is 13.7. The summed E-state index contributed by atoms with van der Waals surface area (Å²) in [6.07, 6.45) is -7.98. The van der Waals surface area contributed by atoms with Gasteiger partial charge in [-0.05, 0) is 49.0 Å². The van der Waals surface area contributed by atoms with E-state index >= 15 is 0 Å². The Kier molecular flexibility index (Phi) is 1.80. The number of para-hydroxylation sites is 1. The number of sulfonamides is 1. The molecule has 144 valence electrons. The zero-order chi connectivity index (χ0) is 36.1. The monoisotopic (exact) mass is 410 g/mol. The quantitative estimate of drug-likeness (QED) is 0.600. The van der Waals surface area contributed by atoms with Crippen molar-refractivity contribution in [2.75, 3.05) is 31.8 Å². The highest BCUT2D eigenvalue weighted by Crippen LogP contribution is 2.33. The summed E-state index contributed by atoms with van der Waals surface area (Å²) in [6.45, 7) is -12.1. The molecule has 0 saturated heterocycles. The molecule has 0 unspecified atom stereocenters. The molecule has 0 spiro atoms. The summed E-state index contributed by atoms with van der Waals surface area (Å²) in [4.78, 5) is 7.60. The van der Waals surface area contributed by atoms with Gasteiger partial charge in [-0.25, -0.2) is 8.42 Å². The van der Waals surface area contributed by atoms with E-state index in [1.807, 2.05) is 0 Å². The molecule has 1 N–H and O–H groups in total. The number of fused-ring (bicyclic) bond motifs is 1. The number of nitrogens with zero attached hydrogens (tertiary/aromatic N) is 2. The fourth-order valence-electron chi connectivity index (χ4n) is 1.86. The number of rotatable bonds is 5. The van der Waals surface area contributed by atoms with Crippen LogP contribution in [0.25, 0.3) is 0 Å². The van der Waals surface area contributed by atoms with Crippen LogP contribution in [0.3, 0.4) is 0 Å². The Bertz CT molecular complexity index is 1750. The van der Waals surface area contributed by atoms with Crippen LogP contribution in [-0.4, -0.2) is 45.3 Å². The zero-order valence-corrected chi connectivity index (χ0v) is 13.8. The van der Waals surface area contributed by atoms with Crippen LogP contribution in [0.1, 0.15) is 35.8 Å².